The van der Waals surface area contributed by atoms with E-state index in [0.29, 0.717) is 13.0 Å². The lowest BCUT2D eigenvalue weighted by molar-refractivity contribution is -0.121. The van der Waals surface area contributed by atoms with E-state index in [1.807, 2.05) is 24.7 Å². The van der Waals surface area contributed by atoms with Gasteiger partial charge in [0, 0.05) is 30.4 Å². The zero-order valence-electron chi connectivity index (χ0n) is 9.99. The van der Waals surface area contributed by atoms with E-state index in [4.69, 9.17) is 0 Å². The molecule has 1 heterocycles. The lowest BCUT2D eigenvalue weighted by Crippen LogP contribution is -2.33. The van der Waals surface area contributed by atoms with Crippen LogP contribution in [0.2, 0.25) is 0 Å². The van der Waals surface area contributed by atoms with E-state index >= 15 is 0 Å². The zero-order chi connectivity index (χ0) is 12.0. The van der Waals surface area contributed by atoms with Crippen LogP contribution in [0.15, 0.2) is 10.9 Å². The molecule has 4 nitrogen and oxygen atoms in total. The van der Waals surface area contributed by atoms with E-state index in [1.54, 1.807) is 11.3 Å². The van der Waals surface area contributed by atoms with Crippen LogP contribution < -0.4 is 10.6 Å². The number of hydrogen-bond acceptors (Lipinski definition) is 4. The Labute approximate surface area is 100 Å². The highest BCUT2D eigenvalue weighted by atomic mass is 32.1. The number of carbonyl (C=O) groups is 1. The smallest absolute Gasteiger partial charge is 0.221 e. The Morgan fingerprint density at radius 2 is 2.25 bits per heavy atom. The maximum Gasteiger partial charge on any atom is 0.221 e. The lowest BCUT2D eigenvalue weighted by atomic mass is 10.2. The van der Waals surface area contributed by atoms with Gasteiger partial charge < -0.3 is 10.6 Å². The predicted octanol–water partition coefficient (Wildman–Crippen LogP) is 1.71. The standard InChI is InChI=1S/C11H19N3OS/c1-8(2)14-11(15)4-5-12-9(3)10-6-16-7-13-10/h6-9,12H,4-5H2,1-3H3,(H,14,15). The highest BCUT2D eigenvalue weighted by Crippen LogP contribution is 2.11. The third-order valence-electron chi connectivity index (χ3n) is 2.15. The third kappa shape index (κ3) is 4.72. The molecule has 16 heavy (non-hydrogen) atoms. The Kier molecular flexibility index (Phi) is 5.42. The topological polar surface area (TPSA) is 54.0 Å². The van der Waals surface area contributed by atoms with Crippen molar-refractivity contribution in [3.05, 3.63) is 16.6 Å². The summed E-state index contributed by atoms with van der Waals surface area (Å²) in [5, 5.41) is 8.15. The van der Waals surface area contributed by atoms with Gasteiger partial charge in [0.2, 0.25) is 5.91 Å². The first-order valence-electron chi connectivity index (χ1n) is 5.50. The number of nitrogens with zero attached hydrogens (tertiary/aromatic N) is 1. The molecule has 0 bridgehead atoms. The maximum absolute atomic E-state index is 11.4. The molecule has 2 N–H and O–H groups in total. The van der Waals surface area contributed by atoms with Crippen LogP contribution in [0.25, 0.3) is 0 Å². The number of amides is 1. The maximum atomic E-state index is 11.4. The van der Waals surface area contributed by atoms with Gasteiger partial charge >= 0.3 is 0 Å². The van der Waals surface area contributed by atoms with Crippen molar-refractivity contribution in [1.29, 1.82) is 0 Å². The van der Waals surface area contributed by atoms with Gasteiger partial charge in [0.05, 0.1) is 11.2 Å². The van der Waals surface area contributed by atoms with Crippen molar-refractivity contribution in [2.24, 2.45) is 0 Å². The fraction of sp³-hybridized carbons (Fsp3) is 0.636. The molecule has 1 unspecified atom stereocenters. The Bertz CT molecular complexity index is 311. The van der Waals surface area contributed by atoms with Gasteiger partial charge in [-0.25, -0.2) is 4.98 Å². The summed E-state index contributed by atoms with van der Waals surface area (Å²) >= 11 is 1.59. The zero-order valence-corrected chi connectivity index (χ0v) is 10.8. The summed E-state index contributed by atoms with van der Waals surface area (Å²) in [6.07, 6.45) is 0.507. The van der Waals surface area contributed by atoms with Crippen molar-refractivity contribution in [2.45, 2.75) is 39.3 Å². The van der Waals surface area contributed by atoms with Gasteiger partial charge in [-0.15, -0.1) is 11.3 Å². The molecule has 90 valence electrons. The van der Waals surface area contributed by atoms with Gasteiger partial charge in [0.25, 0.3) is 0 Å². The molecule has 1 rings (SSSR count). The van der Waals surface area contributed by atoms with Crippen molar-refractivity contribution < 1.29 is 4.79 Å². The minimum Gasteiger partial charge on any atom is -0.354 e. The molecular weight excluding hydrogens is 222 g/mol. The molecule has 1 amide bonds. The van der Waals surface area contributed by atoms with E-state index in [0.717, 1.165) is 5.69 Å². The van der Waals surface area contributed by atoms with E-state index < -0.39 is 0 Å². The van der Waals surface area contributed by atoms with Crippen molar-refractivity contribution in [3.63, 3.8) is 0 Å². The average molecular weight is 241 g/mol. The number of aromatic nitrogens is 1. The molecule has 0 aromatic carbocycles. The Hall–Kier alpha value is -0.940. The molecule has 0 saturated heterocycles. The molecule has 0 aliphatic rings. The minimum absolute atomic E-state index is 0.0907. The Morgan fingerprint density at radius 3 is 2.81 bits per heavy atom. The van der Waals surface area contributed by atoms with Crippen LogP contribution in [0.3, 0.4) is 0 Å². The van der Waals surface area contributed by atoms with E-state index in [-0.39, 0.29) is 18.0 Å². The molecule has 1 aromatic rings. The highest BCUT2D eigenvalue weighted by Gasteiger charge is 2.08. The summed E-state index contributed by atoms with van der Waals surface area (Å²) in [5.41, 5.74) is 2.85. The van der Waals surface area contributed by atoms with Crippen LogP contribution in [-0.4, -0.2) is 23.5 Å². The average Bonchev–Trinajstić information content (AvgIpc) is 2.68. The largest absolute Gasteiger partial charge is 0.354 e. The molecule has 0 aliphatic carbocycles. The van der Waals surface area contributed by atoms with Crippen LogP contribution in [0.5, 0.6) is 0 Å². The summed E-state index contributed by atoms with van der Waals surface area (Å²) in [6.45, 7) is 6.65. The van der Waals surface area contributed by atoms with Crippen LogP contribution in [0.1, 0.15) is 38.9 Å². The minimum atomic E-state index is 0.0907. The first-order chi connectivity index (χ1) is 7.59. The van der Waals surface area contributed by atoms with Gasteiger partial charge in [-0.1, -0.05) is 0 Å². The second-order valence-corrected chi connectivity index (χ2v) is 4.78. The van der Waals surface area contributed by atoms with Gasteiger partial charge in [-0.05, 0) is 20.8 Å². The van der Waals surface area contributed by atoms with Crippen LogP contribution in [0.4, 0.5) is 0 Å². The number of nitrogens with one attached hydrogen (secondary N) is 2. The molecule has 1 aromatic heterocycles. The SMILES string of the molecule is CC(C)NC(=O)CCNC(C)c1cscn1. The summed E-state index contributed by atoms with van der Waals surface area (Å²) < 4.78 is 0. The van der Waals surface area contributed by atoms with Gasteiger partial charge in [-0.2, -0.15) is 0 Å². The van der Waals surface area contributed by atoms with Gasteiger partial charge in [-0.3, -0.25) is 4.79 Å². The second kappa shape index (κ2) is 6.60. The normalized spacial score (nSPS) is 12.8. The van der Waals surface area contributed by atoms with Crippen molar-refractivity contribution in [3.8, 4) is 0 Å². The third-order valence-corrected chi connectivity index (χ3v) is 2.75. The molecule has 5 heteroatoms. The highest BCUT2D eigenvalue weighted by molar-refractivity contribution is 7.07. The predicted molar refractivity (Wildman–Crippen MR) is 66.4 cm³/mol. The number of hydrogen-bond donors (Lipinski definition) is 2. The summed E-state index contributed by atoms with van der Waals surface area (Å²) in [7, 11) is 0. The molecule has 0 aliphatic heterocycles. The molecule has 1 atom stereocenters. The lowest BCUT2D eigenvalue weighted by Gasteiger charge is -2.12. The monoisotopic (exact) mass is 241 g/mol. The van der Waals surface area contributed by atoms with Gasteiger partial charge in [0.15, 0.2) is 0 Å². The van der Waals surface area contributed by atoms with Crippen LogP contribution in [-0.2, 0) is 4.79 Å². The Morgan fingerprint density at radius 1 is 1.50 bits per heavy atom. The second-order valence-electron chi connectivity index (χ2n) is 4.06. The van der Waals surface area contributed by atoms with E-state index in [9.17, 15) is 4.79 Å². The van der Waals surface area contributed by atoms with Crippen molar-refractivity contribution in [1.82, 2.24) is 15.6 Å². The number of rotatable bonds is 6. The quantitative estimate of drug-likeness (QED) is 0.797. The molecular formula is C11H19N3OS. The summed E-state index contributed by atoms with van der Waals surface area (Å²) in [5.74, 6) is 0.0907. The van der Waals surface area contributed by atoms with Crippen molar-refractivity contribution >= 4 is 17.2 Å². The van der Waals surface area contributed by atoms with Crippen LogP contribution in [0, 0.1) is 0 Å². The first-order valence-corrected chi connectivity index (χ1v) is 6.44. The summed E-state index contributed by atoms with van der Waals surface area (Å²) in [4.78, 5) is 15.6. The van der Waals surface area contributed by atoms with Gasteiger partial charge in [0.1, 0.15) is 0 Å². The van der Waals surface area contributed by atoms with E-state index in [2.05, 4.69) is 22.5 Å². The molecule has 0 radical (unpaired) electrons. The molecule has 0 spiro atoms. The fourth-order valence-electron chi connectivity index (χ4n) is 1.34. The van der Waals surface area contributed by atoms with Crippen molar-refractivity contribution in [2.75, 3.05) is 6.54 Å². The number of thiazole rings is 1. The summed E-state index contributed by atoms with van der Waals surface area (Å²) in [6, 6.07) is 0.418. The fourth-order valence-corrected chi connectivity index (χ4v) is 1.98. The Balaban J connectivity index is 2.18. The first kappa shape index (κ1) is 13.1. The van der Waals surface area contributed by atoms with E-state index in [1.165, 1.54) is 0 Å². The molecule has 0 saturated carbocycles. The van der Waals surface area contributed by atoms with Crippen LogP contribution >= 0.6 is 11.3 Å². The number of carbonyl (C=O) groups excluding carboxylic acids is 1. The molecule has 0 fully saturated rings.